The van der Waals surface area contributed by atoms with Crippen molar-refractivity contribution in [1.29, 1.82) is 5.41 Å². The second-order valence-electron chi connectivity index (χ2n) is 8.82. The third kappa shape index (κ3) is 6.03. The maximum atomic E-state index is 13.5. The fourth-order valence-electron chi connectivity index (χ4n) is 3.96. The van der Waals surface area contributed by atoms with Crippen LogP contribution in [0.15, 0.2) is 48.8 Å². The molecule has 0 unspecified atom stereocenters. The van der Waals surface area contributed by atoms with Crippen LogP contribution in [-0.4, -0.2) is 52.7 Å². The Bertz CT molecular complexity index is 1350. The van der Waals surface area contributed by atoms with Crippen LogP contribution in [0.4, 0.5) is 21.7 Å². The number of hydrogen-bond donors (Lipinski definition) is 4. The van der Waals surface area contributed by atoms with Gasteiger partial charge in [0.15, 0.2) is 0 Å². The van der Waals surface area contributed by atoms with Gasteiger partial charge in [0, 0.05) is 22.9 Å². The molecule has 5 N–H and O–H groups in total. The molecule has 1 aliphatic heterocycles. The number of benzene rings is 2. The van der Waals surface area contributed by atoms with Gasteiger partial charge in [-0.25, -0.2) is 14.4 Å². The number of halogens is 1. The smallest absolute Gasteiger partial charge is 0.255 e. The SMILES string of the molecule is Cc1ccc(NC(=O)c2cccc(F)c2)cc1C#CC(=N)c1c(N)ncnc1NC1CCN(C)CC1. The first kappa shape index (κ1) is 24.8. The van der Waals surface area contributed by atoms with Crippen molar-refractivity contribution in [3.8, 4) is 11.8 Å². The van der Waals surface area contributed by atoms with E-state index in [1.165, 1.54) is 30.6 Å². The van der Waals surface area contributed by atoms with Gasteiger partial charge in [-0.05, 0) is 81.7 Å². The van der Waals surface area contributed by atoms with E-state index in [2.05, 4.69) is 44.4 Å². The van der Waals surface area contributed by atoms with Gasteiger partial charge in [-0.3, -0.25) is 10.2 Å². The first-order valence-electron chi connectivity index (χ1n) is 11.6. The average molecular weight is 486 g/mol. The maximum Gasteiger partial charge on any atom is 0.255 e. The van der Waals surface area contributed by atoms with Gasteiger partial charge in [0.1, 0.15) is 29.5 Å². The molecule has 2 aromatic carbocycles. The highest BCUT2D eigenvalue weighted by Gasteiger charge is 2.20. The van der Waals surface area contributed by atoms with E-state index in [4.69, 9.17) is 11.1 Å². The topological polar surface area (TPSA) is 120 Å². The maximum absolute atomic E-state index is 13.5. The van der Waals surface area contributed by atoms with Crippen LogP contribution in [-0.2, 0) is 0 Å². The molecule has 1 saturated heterocycles. The van der Waals surface area contributed by atoms with E-state index >= 15 is 0 Å². The van der Waals surface area contributed by atoms with E-state index in [9.17, 15) is 9.18 Å². The van der Waals surface area contributed by atoms with Crippen molar-refractivity contribution in [3.63, 3.8) is 0 Å². The number of carbonyl (C=O) groups is 1. The lowest BCUT2D eigenvalue weighted by atomic mass is 10.0. The Morgan fingerprint density at radius 3 is 2.72 bits per heavy atom. The fourth-order valence-corrected chi connectivity index (χ4v) is 3.96. The van der Waals surface area contributed by atoms with E-state index in [0.717, 1.165) is 31.5 Å². The minimum atomic E-state index is -0.481. The second kappa shape index (κ2) is 11.0. The second-order valence-corrected chi connectivity index (χ2v) is 8.82. The summed E-state index contributed by atoms with van der Waals surface area (Å²) in [5.41, 5.74) is 8.72. The predicted octanol–water partition coefficient (Wildman–Crippen LogP) is 3.68. The Labute approximate surface area is 209 Å². The molecule has 2 heterocycles. The molecule has 0 spiro atoms. The van der Waals surface area contributed by atoms with Gasteiger partial charge in [-0.1, -0.05) is 18.1 Å². The molecule has 3 aromatic rings. The fraction of sp³-hybridized carbons (Fsp3) is 0.259. The summed E-state index contributed by atoms with van der Waals surface area (Å²) in [4.78, 5) is 23.1. The van der Waals surface area contributed by atoms with Crippen LogP contribution in [0.3, 0.4) is 0 Å². The van der Waals surface area contributed by atoms with Gasteiger partial charge in [0.25, 0.3) is 5.91 Å². The molecule has 8 nitrogen and oxygen atoms in total. The number of nitrogens with zero attached hydrogens (tertiary/aromatic N) is 3. The Morgan fingerprint density at radius 2 is 1.97 bits per heavy atom. The van der Waals surface area contributed by atoms with Crippen LogP contribution < -0.4 is 16.4 Å². The van der Waals surface area contributed by atoms with Gasteiger partial charge < -0.3 is 21.3 Å². The molecular weight excluding hydrogens is 457 g/mol. The average Bonchev–Trinajstić information content (AvgIpc) is 2.85. The number of piperidine rings is 1. The van der Waals surface area contributed by atoms with Crippen LogP contribution in [0, 0.1) is 30.0 Å². The molecule has 0 atom stereocenters. The zero-order chi connectivity index (χ0) is 25.7. The first-order valence-corrected chi connectivity index (χ1v) is 11.6. The number of likely N-dealkylation sites (tertiary alicyclic amines) is 1. The van der Waals surface area contributed by atoms with Crippen LogP contribution in [0.25, 0.3) is 0 Å². The highest BCUT2D eigenvalue weighted by molar-refractivity contribution is 6.16. The molecule has 36 heavy (non-hydrogen) atoms. The molecule has 1 amide bonds. The molecule has 9 heteroatoms. The molecule has 184 valence electrons. The number of hydrogen-bond acceptors (Lipinski definition) is 7. The monoisotopic (exact) mass is 485 g/mol. The van der Waals surface area contributed by atoms with Crippen molar-refractivity contribution in [3.05, 3.63) is 76.9 Å². The summed E-state index contributed by atoms with van der Waals surface area (Å²) in [6.45, 7) is 3.85. The number of aromatic nitrogens is 2. The number of carbonyl (C=O) groups excluding carboxylic acids is 1. The van der Waals surface area contributed by atoms with E-state index in [0.29, 0.717) is 22.6 Å². The summed E-state index contributed by atoms with van der Waals surface area (Å²) in [6, 6.07) is 11.0. The number of nitrogens with one attached hydrogen (secondary N) is 3. The van der Waals surface area contributed by atoms with Crippen molar-refractivity contribution in [2.75, 3.05) is 36.5 Å². The summed E-state index contributed by atoms with van der Waals surface area (Å²) in [5, 5.41) is 14.8. The van der Waals surface area contributed by atoms with Gasteiger partial charge in [0.2, 0.25) is 0 Å². The Kier molecular flexibility index (Phi) is 7.56. The molecule has 4 rings (SSSR count). The Morgan fingerprint density at radius 1 is 1.19 bits per heavy atom. The predicted molar refractivity (Wildman–Crippen MR) is 140 cm³/mol. The minimum Gasteiger partial charge on any atom is -0.383 e. The lowest BCUT2D eigenvalue weighted by Gasteiger charge is -2.30. The van der Waals surface area contributed by atoms with Crippen LogP contribution in [0.2, 0.25) is 0 Å². The highest BCUT2D eigenvalue weighted by atomic mass is 19.1. The molecule has 1 fully saturated rings. The Hall–Kier alpha value is -4.29. The third-order valence-corrected chi connectivity index (χ3v) is 6.09. The van der Waals surface area contributed by atoms with Crippen molar-refractivity contribution in [1.82, 2.24) is 14.9 Å². The van der Waals surface area contributed by atoms with Gasteiger partial charge in [-0.2, -0.15) is 0 Å². The van der Waals surface area contributed by atoms with E-state index < -0.39 is 11.7 Å². The summed E-state index contributed by atoms with van der Waals surface area (Å²) in [7, 11) is 2.10. The normalized spacial score (nSPS) is 14.0. The first-order chi connectivity index (χ1) is 17.3. The number of aryl methyl sites for hydroxylation is 1. The number of nitrogen functional groups attached to an aromatic ring is 1. The van der Waals surface area contributed by atoms with Crippen molar-refractivity contribution in [2.45, 2.75) is 25.8 Å². The van der Waals surface area contributed by atoms with E-state index in [1.54, 1.807) is 12.1 Å². The molecule has 1 aromatic heterocycles. The number of anilines is 3. The molecular formula is C27H28FN7O. The van der Waals surface area contributed by atoms with Crippen molar-refractivity contribution >= 4 is 28.9 Å². The van der Waals surface area contributed by atoms with Crippen LogP contribution in [0.5, 0.6) is 0 Å². The molecule has 1 aliphatic rings. The van der Waals surface area contributed by atoms with Crippen LogP contribution in [0.1, 0.15) is 39.9 Å². The summed E-state index contributed by atoms with van der Waals surface area (Å²) in [6.07, 6.45) is 3.31. The zero-order valence-electron chi connectivity index (χ0n) is 20.2. The Balaban J connectivity index is 1.53. The highest BCUT2D eigenvalue weighted by Crippen LogP contribution is 2.22. The largest absolute Gasteiger partial charge is 0.383 e. The van der Waals surface area contributed by atoms with E-state index in [1.807, 2.05) is 13.0 Å². The summed E-state index contributed by atoms with van der Waals surface area (Å²) >= 11 is 0. The quantitative estimate of drug-likeness (QED) is 0.323. The van der Waals surface area contributed by atoms with E-state index in [-0.39, 0.29) is 23.1 Å². The number of amides is 1. The molecule has 0 radical (unpaired) electrons. The van der Waals surface area contributed by atoms with Crippen LogP contribution >= 0.6 is 0 Å². The number of nitrogens with two attached hydrogens (primary N) is 1. The molecule has 0 saturated carbocycles. The van der Waals surface area contributed by atoms with Gasteiger partial charge in [0.05, 0.1) is 5.56 Å². The molecule has 0 bridgehead atoms. The zero-order valence-corrected chi connectivity index (χ0v) is 20.2. The van der Waals surface area contributed by atoms with Gasteiger partial charge in [-0.15, -0.1) is 0 Å². The van der Waals surface area contributed by atoms with Gasteiger partial charge >= 0.3 is 0 Å². The lowest BCUT2D eigenvalue weighted by molar-refractivity contribution is 0.102. The standard InChI is InChI=1S/C27H28FN7O/c1-17-6-8-22(34-27(36)19-4-3-5-20(28)14-19)15-18(17)7-9-23(29)24-25(30)31-16-32-26(24)33-21-10-12-35(2)13-11-21/h3-6,8,14-16,21,29H,10-13H2,1-2H3,(H,34,36)(H3,30,31,32,33). The lowest BCUT2D eigenvalue weighted by Crippen LogP contribution is -2.37. The third-order valence-electron chi connectivity index (χ3n) is 6.09. The van der Waals surface area contributed by atoms with Crippen molar-refractivity contribution < 1.29 is 9.18 Å². The number of rotatable bonds is 5. The summed E-state index contributed by atoms with van der Waals surface area (Å²) < 4.78 is 13.5. The minimum absolute atomic E-state index is 0.00266. The molecule has 0 aliphatic carbocycles. The van der Waals surface area contributed by atoms with Crippen molar-refractivity contribution in [2.24, 2.45) is 0 Å². The summed E-state index contributed by atoms with van der Waals surface area (Å²) in [5.74, 6) is 5.65.